The largest absolute Gasteiger partial charge is 0.459 e. The van der Waals surface area contributed by atoms with Gasteiger partial charge in [0.2, 0.25) is 0 Å². The Morgan fingerprint density at radius 2 is 2.18 bits per heavy atom. The number of hydrogen-bond donors (Lipinski definition) is 1. The van der Waals surface area contributed by atoms with Crippen LogP contribution >= 0.6 is 12.6 Å². The summed E-state index contributed by atoms with van der Waals surface area (Å²) < 4.78 is 9.60. The van der Waals surface area contributed by atoms with E-state index in [2.05, 4.69) is 23.9 Å². The van der Waals surface area contributed by atoms with Crippen LogP contribution in [0.4, 0.5) is 0 Å². The molecule has 0 N–H and O–H groups in total. The molecule has 0 fully saturated rings. The molecule has 0 unspecified atom stereocenters. The Hall–Kier alpha value is -0.480. The lowest BCUT2D eigenvalue weighted by atomic mass is 10.6. The maximum atomic E-state index is 10.7. The molecule has 0 amide bonds. The second-order valence-electron chi connectivity index (χ2n) is 1.78. The second-order valence-corrected chi connectivity index (χ2v) is 2.32. The molecular weight excluding hydrogens is 164 g/mol. The van der Waals surface area contributed by atoms with Crippen molar-refractivity contribution in [2.24, 2.45) is 0 Å². The highest BCUT2D eigenvalue weighted by Crippen LogP contribution is 1.97. The van der Waals surface area contributed by atoms with Gasteiger partial charge in [-0.25, -0.2) is 4.79 Å². The highest BCUT2D eigenvalue weighted by atomic mass is 32.1. The summed E-state index contributed by atoms with van der Waals surface area (Å²) in [4.78, 5) is 10.8. The van der Waals surface area contributed by atoms with E-state index in [4.69, 9.17) is 4.74 Å². The molecule has 0 aliphatic carbocycles. The van der Waals surface area contributed by atoms with Crippen LogP contribution in [-0.4, -0.2) is 25.8 Å². The van der Waals surface area contributed by atoms with Gasteiger partial charge in [0, 0.05) is 6.61 Å². The SMILES string of the molecule is C=C(S)C(=O)OCCOCC. The fourth-order valence-electron chi connectivity index (χ4n) is 0.421. The molecule has 0 aliphatic rings. The minimum Gasteiger partial charge on any atom is -0.459 e. The van der Waals surface area contributed by atoms with Gasteiger partial charge in [-0.3, -0.25) is 0 Å². The van der Waals surface area contributed by atoms with Crippen LogP contribution in [0.15, 0.2) is 11.5 Å². The van der Waals surface area contributed by atoms with Gasteiger partial charge in [0.05, 0.1) is 11.5 Å². The van der Waals surface area contributed by atoms with E-state index < -0.39 is 5.97 Å². The van der Waals surface area contributed by atoms with E-state index in [1.165, 1.54) is 0 Å². The summed E-state index contributed by atoms with van der Waals surface area (Å²) in [6.45, 7) is 6.48. The predicted molar refractivity (Wildman–Crippen MR) is 45.6 cm³/mol. The van der Waals surface area contributed by atoms with Crippen LogP contribution in [0.25, 0.3) is 0 Å². The molecular formula is C7H12O3S. The van der Waals surface area contributed by atoms with E-state index in [1.807, 2.05) is 6.92 Å². The third-order valence-electron chi connectivity index (χ3n) is 0.901. The van der Waals surface area contributed by atoms with Gasteiger partial charge in [-0.1, -0.05) is 6.58 Å². The molecule has 64 valence electrons. The lowest BCUT2D eigenvalue weighted by molar-refractivity contribution is -0.139. The second kappa shape index (κ2) is 6.24. The Balaban J connectivity index is 3.25. The zero-order valence-electron chi connectivity index (χ0n) is 6.50. The zero-order chi connectivity index (χ0) is 8.69. The number of ether oxygens (including phenoxy) is 2. The van der Waals surface area contributed by atoms with Crippen molar-refractivity contribution in [1.29, 1.82) is 0 Å². The summed E-state index contributed by atoms with van der Waals surface area (Å²) in [5.74, 6) is -0.493. The van der Waals surface area contributed by atoms with Gasteiger partial charge in [0.15, 0.2) is 0 Å². The maximum absolute atomic E-state index is 10.7. The van der Waals surface area contributed by atoms with Crippen LogP contribution in [0.2, 0.25) is 0 Å². The predicted octanol–water partition coefficient (Wildman–Crippen LogP) is 1.01. The Morgan fingerprint density at radius 1 is 1.55 bits per heavy atom. The lowest BCUT2D eigenvalue weighted by Gasteiger charge is -2.02. The molecule has 0 aliphatic heterocycles. The fraction of sp³-hybridized carbons (Fsp3) is 0.571. The molecule has 0 aromatic heterocycles. The molecule has 0 aromatic carbocycles. The van der Waals surface area contributed by atoms with Crippen molar-refractivity contribution < 1.29 is 14.3 Å². The highest BCUT2D eigenvalue weighted by Gasteiger charge is 2.01. The third kappa shape index (κ3) is 5.94. The standard InChI is InChI=1S/C7H12O3S/c1-3-9-4-5-10-7(8)6(2)11/h11H,2-5H2,1H3. The van der Waals surface area contributed by atoms with Crippen molar-refractivity contribution in [2.75, 3.05) is 19.8 Å². The number of carbonyl (C=O) groups excluding carboxylic acids is 1. The van der Waals surface area contributed by atoms with E-state index in [0.717, 1.165) is 0 Å². The van der Waals surface area contributed by atoms with Gasteiger partial charge in [-0.05, 0) is 6.92 Å². The average molecular weight is 176 g/mol. The molecule has 0 radical (unpaired) electrons. The molecule has 3 nitrogen and oxygen atoms in total. The first-order valence-corrected chi connectivity index (χ1v) is 3.76. The topological polar surface area (TPSA) is 35.5 Å². The first-order valence-electron chi connectivity index (χ1n) is 3.31. The number of thiol groups is 1. The minimum atomic E-state index is -0.493. The smallest absolute Gasteiger partial charge is 0.343 e. The molecule has 0 spiro atoms. The van der Waals surface area contributed by atoms with Crippen LogP contribution in [0.5, 0.6) is 0 Å². The van der Waals surface area contributed by atoms with E-state index in [9.17, 15) is 4.79 Å². The quantitative estimate of drug-likeness (QED) is 0.294. The Bertz CT molecular complexity index is 145. The zero-order valence-corrected chi connectivity index (χ0v) is 7.39. The molecule has 11 heavy (non-hydrogen) atoms. The summed E-state index contributed by atoms with van der Waals surface area (Å²) in [6, 6.07) is 0. The number of carbonyl (C=O) groups is 1. The Kier molecular flexibility index (Phi) is 5.97. The van der Waals surface area contributed by atoms with Crippen LogP contribution in [0, 0.1) is 0 Å². The Labute approximate surface area is 71.8 Å². The number of esters is 1. The van der Waals surface area contributed by atoms with Crippen LogP contribution in [0.3, 0.4) is 0 Å². The Morgan fingerprint density at radius 3 is 2.64 bits per heavy atom. The van der Waals surface area contributed by atoms with Gasteiger partial charge in [-0.15, -0.1) is 12.6 Å². The van der Waals surface area contributed by atoms with Crippen LogP contribution in [-0.2, 0) is 14.3 Å². The van der Waals surface area contributed by atoms with Gasteiger partial charge in [0.25, 0.3) is 0 Å². The van der Waals surface area contributed by atoms with Crippen molar-refractivity contribution in [2.45, 2.75) is 6.92 Å². The van der Waals surface area contributed by atoms with Crippen LogP contribution < -0.4 is 0 Å². The monoisotopic (exact) mass is 176 g/mol. The molecule has 0 saturated heterocycles. The van der Waals surface area contributed by atoms with E-state index >= 15 is 0 Å². The third-order valence-corrected chi connectivity index (χ3v) is 1.08. The summed E-state index contributed by atoms with van der Waals surface area (Å²) in [7, 11) is 0. The molecule has 4 heteroatoms. The van der Waals surface area contributed by atoms with E-state index in [-0.39, 0.29) is 11.5 Å². The van der Waals surface area contributed by atoms with Crippen molar-refractivity contribution in [3.8, 4) is 0 Å². The summed E-state index contributed by atoms with van der Waals surface area (Å²) in [5.41, 5.74) is 0. The maximum Gasteiger partial charge on any atom is 0.343 e. The van der Waals surface area contributed by atoms with Gasteiger partial charge in [0.1, 0.15) is 6.61 Å². The molecule has 0 aromatic rings. The summed E-state index contributed by atoms with van der Waals surface area (Å²) in [5, 5.41) is 0. The minimum absolute atomic E-state index is 0.112. The van der Waals surface area contributed by atoms with Gasteiger partial charge < -0.3 is 9.47 Å². The van der Waals surface area contributed by atoms with E-state index in [0.29, 0.717) is 13.2 Å². The number of rotatable bonds is 5. The fourth-order valence-corrected chi connectivity index (χ4v) is 0.485. The average Bonchev–Trinajstić information content (AvgIpc) is 1.97. The molecule has 0 bridgehead atoms. The number of hydrogen-bond acceptors (Lipinski definition) is 4. The van der Waals surface area contributed by atoms with E-state index in [1.54, 1.807) is 0 Å². The molecule has 0 heterocycles. The first-order chi connectivity index (χ1) is 5.18. The summed E-state index contributed by atoms with van der Waals surface area (Å²) >= 11 is 3.71. The highest BCUT2D eigenvalue weighted by molar-refractivity contribution is 7.85. The van der Waals surface area contributed by atoms with Gasteiger partial charge in [-0.2, -0.15) is 0 Å². The van der Waals surface area contributed by atoms with Crippen molar-refractivity contribution in [3.63, 3.8) is 0 Å². The molecule has 0 saturated carbocycles. The lowest BCUT2D eigenvalue weighted by Crippen LogP contribution is -2.09. The normalized spacial score (nSPS) is 9.27. The van der Waals surface area contributed by atoms with Gasteiger partial charge >= 0.3 is 5.97 Å². The van der Waals surface area contributed by atoms with Crippen molar-refractivity contribution >= 4 is 18.6 Å². The van der Waals surface area contributed by atoms with Crippen LogP contribution in [0.1, 0.15) is 6.92 Å². The summed E-state index contributed by atoms with van der Waals surface area (Å²) in [6.07, 6.45) is 0. The molecule has 0 rings (SSSR count). The van der Waals surface area contributed by atoms with Crippen molar-refractivity contribution in [1.82, 2.24) is 0 Å². The molecule has 0 atom stereocenters. The first kappa shape index (κ1) is 10.5. The van der Waals surface area contributed by atoms with Crippen molar-refractivity contribution in [3.05, 3.63) is 11.5 Å².